The number of pyridine rings is 4. The molecule has 0 unspecified atom stereocenters. The van der Waals surface area contributed by atoms with Gasteiger partial charge in [0.05, 0.1) is 0 Å². The lowest BCUT2D eigenvalue weighted by molar-refractivity contribution is 0.660. The smallest absolute Gasteiger partial charge is 0.138 e. The minimum atomic E-state index is -0.212. The average molecular weight is 903 g/mol. The summed E-state index contributed by atoms with van der Waals surface area (Å²) < 4.78 is 0. The molecular formula is C64H50N6. The number of aromatic nitrogens is 4. The monoisotopic (exact) mass is 902 g/mol. The van der Waals surface area contributed by atoms with E-state index in [2.05, 4.69) is 171 Å². The topological polar surface area (TPSA) is 58.0 Å². The van der Waals surface area contributed by atoms with Crippen LogP contribution in [0.5, 0.6) is 0 Å². The summed E-state index contributed by atoms with van der Waals surface area (Å²) in [6.07, 6.45) is 16.4. The summed E-state index contributed by atoms with van der Waals surface area (Å²) in [5.74, 6) is 3.32. The molecule has 336 valence electrons. The van der Waals surface area contributed by atoms with Crippen molar-refractivity contribution in [2.45, 2.75) is 38.5 Å². The Morgan fingerprint density at radius 1 is 0.329 bits per heavy atom. The third kappa shape index (κ3) is 7.36. The van der Waals surface area contributed by atoms with Crippen molar-refractivity contribution in [3.8, 4) is 22.3 Å². The van der Waals surface area contributed by atoms with Gasteiger partial charge in [0.2, 0.25) is 0 Å². The predicted molar refractivity (Wildman–Crippen MR) is 290 cm³/mol. The summed E-state index contributed by atoms with van der Waals surface area (Å²) in [5, 5.41) is 2.44. The highest BCUT2D eigenvalue weighted by atomic mass is 15.2. The number of fused-ring (bicyclic) bond motifs is 7. The van der Waals surface area contributed by atoms with E-state index in [0.29, 0.717) is 0 Å². The average Bonchev–Trinajstić information content (AvgIpc) is 3.76. The fraction of sp³-hybridized carbons (Fsp3) is 0.0938. The van der Waals surface area contributed by atoms with Gasteiger partial charge in [-0.1, -0.05) is 161 Å². The molecule has 0 saturated heterocycles. The van der Waals surface area contributed by atoms with Gasteiger partial charge in [0.15, 0.2) is 0 Å². The Kier molecular flexibility index (Phi) is 10.4. The van der Waals surface area contributed by atoms with Crippen molar-refractivity contribution < 1.29 is 0 Å². The van der Waals surface area contributed by atoms with Gasteiger partial charge >= 0.3 is 0 Å². The van der Waals surface area contributed by atoms with E-state index >= 15 is 0 Å². The Hall–Kier alpha value is -8.74. The van der Waals surface area contributed by atoms with Crippen molar-refractivity contribution in [2.75, 3.05) is 9.80 Å². The lowest BCUT2D eigenvalue weighted by Gasteiger charge is -2.26. The summed E-state index contributed by atoms with van der Waals surface area (Å²) in [6, 6.07) is 64.6. The molecule has 0 spiro atoms. The first-order valence-corrected chi connectivity index (χ1v) is 23.9. The number of hydrogen-bond acceptors (Lipinski definition) is 6. The molecule has 6 aromatic carbocycles. The molecule has 0 N–H and O–H groups in total. The van der Waals surface area contributed by atoms with Gasteiger partial charge < -0.3 is 0 Å². The Balaban J connectivity index is 0.805. The van der Waals surface area contributed by atoms with Crippen molar-refractivity contribution in [3.63, 3.8) is 0 Å². The summed E-state index contributed by atoms with van der Waals surface area (Å²) in [5.41, 5.74) is 16.7. The highest BCUT2D eigenvalue weighted by Gasteiger charge is 2.38. The van der Waals surface area contributed by atoms with Gasteiger partial charge in [-0.25, -0.2) is 19.9 Å². The van der Waals surface area contributed by atoms with E-state index in [-0.39, 0.29) is 10.8 Å². The molecule has 0 amide bonds. The second-order valence-corrected chi connectivity index (χ2v) is 19.2. The number of benzene rings is 6. The van der Waals surface area contributed by atoms with Crippen LogP contribution in [-0.2, 0) is 10.8 Å². The maximum Gasteiger partial charge on any atom is 0.138 e. The van der Waals surface area contributed by atoms with Gasteiger partial charge in [-0.3, -0.25) is 9.80 Å². The number of anilines is 6. The van der Waals surface area contributed by atoms with E-state index in [1.165, 1.54) is 77.5 Å². The summed E-state index contributed by atoms with van der Waals surface area (Å²) in [4.78, 5) is 23.1. The third-order valence-electron chi connectivity index (χ3n) is 14.3. The molecule has 0 radical (unpaired) electrons. The molecule has 2 aliphatic rings. The molecule has 10 aromatic rings. The lowest BCUT2D eigenvalue weighted by Crippen LogP contribution is -2.17. The Bertz CT molecular complexity index is 3330. The number of hydrogen-bond donors (Lipinski definition) is 0. The SMILES string of the molecule is CC1(C)c2cc(C=Cc3cccc4c(C=Cc5ccc6c(c5)C(C)(C)c5cc(N(c7ccccn7)c7ccccn7)ccc5-6)cccc34)ccc2-c2ccc(N(c3ccccn3)c3ccccn3)cc21. The standard InChI is InChI=1S/C64H50N6/c1-63(2)55-39-43(25-31-51(55)53-33-29-47(41-57(53)63)69(59-19-5-9-35-65-59)60-20-6-10-36-66-60)23-27-45-15-13-18-50-46(16-14-17-49(45)50)28-24-44-26-32-52-54-34-30-48(42-58(54)64(3,4)56(52)40-44)70(61-21-7-11-37-67-61)62-22-8-12-38-68-62/h5-42H,1-4H3. The van der Waals surface area contributed by atoms with Gasteiger partial charge in [0.1, 0.15) is 23.3 Å². The first-order chi connectivity index (χ1) is 34.2. The predicted octanol–water partition coefficient (Wildman–Crippen LogP) is 16.3. The van der Waals surface area contributed by atoms with E-state index in [4.69, 9.17) is 19.9 Å². The zero-order chi connectivity index (χ0) is 47.4. The van der Waals surface area contributed by atoms with Crippen LogP contribution in [0.1, 0.15) is 72.2 Å². The molecule has 0 aliphatic heterocycles. The van der Waals surface area contributed by atoms with Gasteiger partial charge in [-0.15, -0.1) is 0 Å². The zero-order valence-electron chi connectivity index (χ0n) is 39.6. The number of rotatable bonds is 10. The van der Waals surface area contributed by atoms with Crippen molar-refractivity contribution in [1.82, 2.24) is 19.9 Å². The second-order valence-electron chi connectivity index (χ2n) is 19.2. The van der Waals surface area contributed by atoms with Gasteiger partial charge in [0, 0.05) is 47.0 Å². The molecule has 12 rings (SSSR count). The van der Waals surface area contributed by atoms with Crippen LogP contribution in [0.4, 0.5) is 34.6 Å². The first kappa shape index (κ1) is 42.6. The Morgan fingerprint density at radius 3 is 1.01 bits per heavy atom. The first-order valence-electron chi connectivity index (χ1n) is 23.9. The van der Waals surface area contributed by atoms with E-state index in [1.807, 2.05) is 97.6 Å². The molecular weight excluding hydrogens is 853 g/mol. The minimum Gasteiger partial charge on any atom is -0.279 e. The minimum absolute atomic E-state index is 0.212. The zero-order valence-corrected chi connectivity index (χ0v) is 39.6. The van der Waals surface area contributed by atoms with E-state index in [9.17, 15) is 0 Å². The van der Waals surface area contributed by atoms with Crippen LogP contribution in [0.25, 0.3) is 57.3 Å². The molecule has 0 fully saturated rings. The normalized spacial score (nSPS) is 13.8. The van der Waals surface area contributed by atoms with Crippen LogP contribution in [0, 0.1) is 0 Å². The van der Waals surface area contributed by atoms with Gasteiger partial charge in [-0.05, 0) is 150 Å². The second kappa shape index (κ2) is 17.1. The molecule has 70 heavy (non-hydrogen) atoms. The van der Waals surface area contributed by atoms with Crippen molar-refractivity contribution >= 4 is 69.7 Å². The molecule has 6 heteroatoms. The summed E-state index contributed by atoms with van der Waals surface area (Å²) in [6.45, 7) is 9.34. The van der Waals surface area contributed by atoms with Gasteiger partial charge in [0.25, 0.3) is 0 Å². The largest absolute Gasteiger partial charge is 0.279 e. The van der Waals surface area contributed by atoms with E-state index < -0.39 is 0 Å². The maximum atomic E-state index is 4.71. The summed E-state index contributed by atoms with van der Waals surface area (Å²) >= 11 is 0. The van der Waals surface area contributed by atoms with Crippen molar-refractivity contribution in [2.24, 2.45) is 0 Å². The fourth-order valence-electron chi connectivity index (χ4n) is 10.7. The number of nitrogens with zero attached hydrogens (tertiary/aromatic N) is 6. The van der Waals surface area contributed by atoms with Gasteiger partial charge in [-0.2, -0.15) is 0 Å². The molecule has 0 atom stereocenters. The highest BCUT2D eigenvalue weighted by molar-refractivity contribution is 5.99. The quantitative estimate of drug-likeness (QED) is 0.127. The molecule has 4 aromatic heterocycles. The van der Waals surface area contributed by atoms with Crippen LogP contribution in [0.3, 0.4) is 0 Å². The molecule has 2 aliphatic carbocycles. The lowest BCUT2D eigenvalue weighted by atomic mass is 9.81. The molecule has 6 nitrogen and oxygen atoms in total. The summed E-state index contributed by atoms with van der Waals surface area (Å²) in [7, 11) is 0. The molecule has 4 heterocycles. The Morgan fingerprint density at radius 2 is 0.671 bits per heavy atom. The van der Waals surface area contributed by atoms with Crippen LogP contribution in [0.15, 0.2) is 207 Å². The van der Waals surface area contributed by atoms with E-state index in [1.54, 1.807) is 0 Å². The maximum absolute atomic E-state index is 4.71. The van der Waals surface area contributed by atoms with Crippen LogP contribution < -0.4 is 9.80 Å². The van der Waals surface area contributed by atoms with Crippen molar-refractivity contribution in [1.29, 1.82) is 0 Å². The van der Waals surface area contributed by atoms with Crippen LogP contribution >= 0.6 is 0 Å². The van der Waals surface area contributed by atoms with E-state index in [0.717, 1.165) is 34.6 Å². The van der Waals surface area contributed by atoms with Crippen LogP contribution in [-0.4, -0.2) is 19.9 Å². The molecule has 0 bridgehead atoms. The highest BCUT2D eigenvalue weighted by Crippen LogP contribution is 2.52. The fourth-order valence-corrected chi connectivity index (χ4v) is 10.7. The van der Waals surface area contributed by atoms with Crippen LogP contribution in [0.2, 0.25) is 0 Å². The Labute approximate surface area is 409 Å². The third-order valence-corrected chi connectivity index (χ3v) is 14.3. The molecule has 0 saturated carbocycles. The van der Waals surface area contributed by atoms with Crippen molar-refractivity contribution in [3.05, 3.63) is 251 Å².